The number of nitrogens with one attached hydrogen (secondary N) is 1. The molecule has 1 amide bonds. The molecule has 0 saturated carbocycles. The van der Waals surface area contributed by atoms with Gasteiger partial charge in [0, 0.05) is 30.2 Å². The topological polar surface area (TPSA) is 39.3 Å². The van der Waals surface area contributed by atoms with Crippen molar-refractivity contribution in [2.75, 3.05) is 32.7 Å². The van der Waals surface area contributed by atoms with Gasteiger partial charge >= 0.3 is 0 Å². The largest absolute Gasteiger partial charge is 0.361 e. The van der Waals surface area contributed by atoms with E-state index in [-0.39, 0.29) is 5.91 Å². The van der Waals surface area contributed by atoms with Crippen molar-refractivity contribution in [2.24, 2.45) is 0 Å². The second-order valence-electron chi connectivity index (χ2n) is 6.72. The summed E-state index contributed by atoms with van der Waals surface area (Å²) in [5, 5.41) is 1.33. The zero-order valence-corrected chi connectivity index (χ0v) is 14.8. The minimum atomic E-state index is 0.158. The summed E-state index contributed by atoms with van der Waals surface area (Å²) in [6.07, 6.45) is 7.89. The van der Waals surface area contributed by atoms with Crippen molar-refractivity contribution in [1.82, 2.24) is 14.8 Å². The van der Waals surface area contributed by atoms with Crippen LogP contribution < -0.4 is 0 Å². The smallest absolute Gasteiger partial charge is 0.237 e. The molecular weight excluding hydrogens is 310 g/mol. The fourth-order valence-electron chi connectivity index (χ4n) is 3.71. The van der Waals surface area contributed by atoms with E-state index in [4.69, 9.17) is 0 Å². The fraction of sp³-hybridized carbons (Fsp3) is 0.381. The molecule has 3 rings (SSSR count). The maximum atomic E-state index is 12.5. The quantitative estimate of drug-likeness (QED) is 0.785. The number of benzene rings is 1. The van der Waals surface area contributed by atoms with Gasteiger partial charge in [0.2, 0.25) is 5.91 Å². The molecule has 0 atom stereocenters. The Morgan fingerprint density at radius 1 is 1.20 bits per heavy atom. The average molecular weight is 337 g/mol. The Bertz CT molecular complexity index is 730. The highest BCUT2D eigenvalue weighted by atomic mass is 16.2. The van der Waals surface area contributed by atoms with Gasteiger partial charge < -0.3 is 9.88 Å². The van der Waals surface area contributed by atoms with E-state index < -0.39 is 0 Å². The van der Waals surface area contributed by atoms with E-state index in [0.29, 0.717) is 25.6 Å². The second kappa shape index (κ2) is 8.17. The first-order chi connectivity index (χ1) is 12.2. The van der Waals surface area contributed by atoms with Crippen molar-refractivity contribution in [3.8, 4) is 0 Å². The van der Waals surface area contributed by atoms with E-state index in [1.54, 1.807) is 17.1 Å². The number of carbonyl (C=O) groups is 1. The molecule has 1 N–H and O–H groups in total. The lowest BCUT2D eigenvalue weighted by Crippen LogP contribution is -2.43. The Labute approximate surface area is 149 Å². The molecule has 1 aliphatic rings. The Morgan fingerprint density at radius 2 is 1.88 bits per heavy atom. The van der Waals surface area contributed by atoms with Crippen LogP contribution >= 0.6 is 0 Å². The van der Waals surface area contributed by atoms with Gasteiger partial charge in [0.25, 0.3) is 0 Å². The van der Waals surface area contributed by atoms with Gasteiger partial charge in [-0.25, -0.2) is 0 Å². The molecule has 0 bridgehead atoms. The standard InChI is InChI=1S/C21H27N3O/c1-3-11-24(12-4-2)21(25)16-23-13-9-17(10-14-23)19-15-22-20-8-6-5-7-18(19)20/h3-8,15,17,22H,1-2,9-14,16H2. The third kappa shape index (κ3) is 4.02. The number of hydrogen-bond donors (Lipinski definition) is 1. The molecule has 4 heteroatoms. The van der Waals surface area contributed by atoms with Crippen LogP contribution in [0.3, 0.4) is 0 Å². The minimum absolute atomic E-state index is 0.158. The van der Waals surface area contributed by atoms with Gasteiger partial charge in [0.1, 0.15) is 0 Å². The van der Waals surface area contributed by atoms with E-state index in [9.17, 15) is 4.79 Å². The molecule has 0 radical (unpaired) electrons. The Balaban J connectivity index is 1.57. The number of likely N-dealkylation sites (tertiary alicyclic amines) is 1. The summed E-state index contributed by atoms with van der Waals surface area (Å²) in [7, 11) is 0. The van der Waals surface area contributed by atoms with Crippen LogP contribution in [0, 0.1) is 0 Å². The number of fused-ring (bicyclic) bond motifs is 1. The van der Waals surface area contributed by atoms with Crippen LogP contribution in [0.15, 0.2) is 55.8 Å². The number of aromatic amines is 1. The van der Waals surface area contributed by atoms with Gasteiger partial charge in [0.05, 0.1) is 6.54 Å². The van der Waals surface area contributed by atoms with Crippen molar-refractivity contribution in [2.45, 2.75) is 18.8 Å². The van der Waals surface area contributed by atoms with Gasteiger partial charge in [-0.05, 0) is 43.5 Å². The van der Waals surface area contributed by atoms with Crippen LogP contribution in [0.1, 0.15) is 24.3 Å². The minimum Gasteiger partial charge on any atom is -0.361 e. The van der Waals surface area contributed by atoms with Crippen LogP contribution in [0.4, 0.5) is 0 Å². The Morgan fingerprint density at radius 3 is 2.56 bits per heavy atom. The van der Waals surface area contributed by atoms with E-state index in [0.717, 1.165) is 25.9 Å². The number of nitrogens with zero attached hydrogens (tertiary/aromatic N) is 2. The lowest BCUT2D eigenvalue weighted by molar-refractivity contribution is -0.131. The summed E-state index contributed by atoms with van der Waals surface area (Å²) in [4.78, 5) is 19.9. The van der Waals surface area contributed by atoms with Crippen LogP contribution in [-0.4, -0.2) is 53.4 Å². The number of amides is 1. The first-order valence-electron chi connectivity index (χ1n) is 9.01. The third-order valence-electron chi connectivity index (χ3n) is 5.06. The Kier molecular flexibility index (Phi) is 5.71. The fourth-order valence-corrected chi connectivity index (χ4v) is 3.71. The molecule has 1 aromatic heterocycles. The van der Waals surface area contributed by atoms with Crippen LogP contribution in [0.25, 0.3) is 10.9 Å². The predicted molar refractivity (Wildman–Crippen MR) is 104 cm³/mol. The van der Waals surface area contributed by atoms with Crippen molar-refractivity contribution in [3.63, 3.8) is 0 Å². The molecule has 1 saturated heterocycles. The lowest BCUT2D eigenvalue weighted by atomic mass is 9.89. The summed E-state index contributed by atoms with van der Waals surface area (Å²) < 4.78 is 0. The van der Waals surface area contributed by atoms with Gasteiger partial charge in [0.15, 0.2) is 0 Å². The zero-order chi connectivity index (χ0) is 17.6. The first kappa shape index (κ1) is 17.5. The number of piperidine rings is 1. The maximum absolute atomic E-state index is 12.5. The molecule has 0 spiro atoms. The SMILES string of the molecule is C=CCN(CC=C)C(=O)CN1CCC(c2c[nH]c3ccccc23)CC1. The number of para-hydroxylation sites is 1. The molecule has 4 nitrogen and oxygen atoms in total. The highest BCUT2D eigenvalue weighted by Gasteiger charge is 2.24. The van der Waals surface area contributed by atoms with Crippen molar-refractivity contribution in [3.05, 3.63) is 61.3 Å². The molecule has 1 aromatic carbocycles. The van der Waals surface area contributed by atoms with E-state index >= 15 is 0 Å². The molecule has 2 heterocycles. The van der Waals surface area contributed by atoms with Gasteiger partial charge in [-0.15, -0.1) is 13.2 Å². The van der Waals surface area contributed by atoms with Gasteiger partial charge in [-0.1, -0.05) is 30.4 Å². The highest BCUT2D eigenvalue weighted by molar-refractivity contribution is 5.83. The summed E-state index contributed by atoms with van der Waals surface area (Å²) in [6, 6.07) is 8.48. The first-order valence-corrected chi connectivity index (χ1v) is 9.01. The van der Waals surface area contributed by atoms with Crippen molar-refractivity contribution < 1.29 is 4.79 Å². The molecule has 132 valence electrons. The number of carbonyl (C=O) groups excluding carboxylic acids is 1. The number of aromatic nitrogens is 1. The lowest BCUT2D eigenvalue weighted by Gasteiger charge is -2.32. The molecule has 1 aliphatic heterocycles. The zero-order valence-electron chi connectivity index (χ0n) is 14.8. The summed E-state index contributed by atoms with van der Waals surface area (Å²) >= 11 is 0. The molecule has 2 aromatic rings. The van der Waals surface area contributed by atoms with Crippen LogP contribution in [-0.2, 0) is 4.79 Å². The third-order valence-corrected chi connectivity index (χ3v) is 5.06. The number of hydrogen-bond acceptors (Lipinski definition) is 2. The van der Waals surface area contributed by atoms with Crippen LogP contribution in [0.2, 0.25) is 0 Å². The van der Waals surface area contributed by atoms with Crippen LogP contribution in [0.5, 0.6) is 0 Å². The van der Waals surface area contributed by atoms with Crippen molar-refractivity contribution in [1.29, 1.82) is 0 Å². The summed E-state index contributed by atoms with van der Waals surface area (Å²) in [5.74, 6) is 0.727. The molecule has 1 fully saturated rings. The van der Waals surface area contributed by atoms with E-state index in [1.165, 1.54) is 16.5 Å². The van der Waals surface area contributed by atoms with Gasteiger partial charge in [-0.3, -0.25) is 9.69 Å². The van der Waals surface area contributed by atoms with E-state index in [1.807, 2.05) is 0 Å². The van der Waals surface area contributed by atoms with E-state index in [2.05, 4.69) is 53.5 Å². The summed E-state index contributed by atoms with van der Waals surface area (Å²) in [5.41, 5.74) is 2.63. The Hall–Kier alpha value is -2.33. The predicted octanol–water partition coefficient (Wildman–Crippen LogP) is 3.55. The van der Waals surface area contributed by atoms with Gasteiger partial charge in [-0.2, -0.15) is 0 Å². The molecule has 0 unspecified atom stereocenters. The number of H-pyrrole nitrogens is 1. The molecule has 25 heavy (non-hydrogen) atoms. The highest BCUT2D eigenvalue weighted by Crippen LogP contribution is 2.32. The average Bonchev–Trinajstić information content (AvgIpc) is 3.06. The second-order valence-corrected chi connectivity index (χ2v) is 6.72. The molecular formula is C21H27N3O. The maximum Gasteiger partial charge on any atom is 0.237 e. The number of rotatable bonds is 7. The van der Waals surface area contributed by atoms with Crippen molar-refractivity contribution >= 4 is 16.8 Å². The summed E-state index contributed by atoms with van der Waals surface area (Å²) in [6.45, 7) is 11.0. The molecule has 0 aliphatic carbocycles. The normalized spacial score (nSPS) is 16.0. The monoisotopic (exact) mass is 337 g/mol.